The Kier molecular flexibility index (Phi) is 6.88. The maximum atomic E-state index is 13.3. The summed E-state index contributed by atoms with van der Waals surface area (Å²) in [6, 6.07) is 20.1. The average molecular weight is 471 g/mol. The third-order valence-corrected chi connectivity index (χ3v) is 6.41. The maximum absolute atomic E-state index is 13.3. The molecular weight excluding hydrogens is 440 g/mol. The van der Waals surface area contributed by atoms with Crippen molar-refractivity contribution in [3.8, 4) is 11.1 Å². The summed E-state index contributed by atoms with van der Waals surface area (Å²) in [4.78, 5) is 23.0. The van der Waals surface area contributed by atoms with Crippen molar-refractivity contribution in [1.82, 2.24) is 19.9 Å². The van der Waals surface area contributed by atoms with Crippen LogP contribution in [0.4, 0.5) is 0 Å². The molecule has 0 atom stereocenters. The Hall–Kier alpha value is -3.55. The zero-order valence-electron chi connectivity index (χ0n) is 20.2. The van der Waals surface area contributed by atoms with Crippen LogP contribution in [0.2, 0.25) is 0 Å². The number of ether oxygens (including phenoxy) is 1. The van der Waals surface area contributed by atoms with Gasteiger partial charge >= 0.3 is 5.97 Å². The zero-order chi connectivity index (χ0) is 24.2. The van der Waals surface area contributed by atoms with Gasteiger partial charge in [-0.1, -0.05) is 53.7 Å². The quantitative estimate of drug-likeness (QED) is 0.363. The number of piperazine rings is 1. The summed E-state index contributed by atoms with van der Waals surface area (Å²) in [5.41, 5.74) is 5.06. The molecule has 3 heterocycles. The molecule has 5 rings (SSSR count). The highest BCUT2D eigenvalue weighted by Gasteiger charge is 2.26. The molecule has 0 N–H and O–H groups in total. The third-order valence-electron chi connectivity index (χ3n) is 6.41. The molecule has 0 saturated carbocycles. The van der Waals surface area contributed by atoms with Gasteiger partial charge in [-0.2, -0.15) is 0 Å². The lowest BCUT2D eigenvalue weighted by molar-refractivity contribution is 0.0522. The standard InChI is InChI=1S/C28H30N4O3/c1-3-34-28(33)27-25(19-32-15-13-31(14-16-32)18-22-17-20(2)35-30-22)29-24-12-8-7-11-23(24)26(27)21-9-5-4-6-10-21/h4-12,17H,3,13-16,18-19H2,1-2H3. The largest absolute Gasteiger partial charge is 0.462 e. The van der Waals surface area contributed by atoms with E-state index in [0.717, 1.165) is 71.9 Å². The topological polar surface area (TPSA) is 71.7 Å². The van der Waals surface area contributed by atoms with E-state index in [9.17, 15) is 4.79 Å². The summed E-state index contributed by atoms with van der Waals surface area (Å²) in [6.45, 7) is 9.04. The predicted molar refractivity (Wildman–Crippen MR) is 135 cm³/mol. The van der Waals surface area contributed by atoms with Gasteiger partial charge in [-0.3, -0.25) is 14.8 Å². The second kappa shape index (κ2) is 10.4. The summed E-state index contributed by atoms with van der Waals surface area (Å²) < 4.78 is 10.7. The SMILES string of the molecule is CCOC(=O)c1c(CN2CCN(Cc3cc(C)on3)CC2)nc2ccccc2c1-c1ccccc1. The second-order valence-electron chi connectivity index (χ2n) is 8.89. The summed E-state index contributed by atoms with van der Waals surface area (Å²) in [5, 5.41) is 5.08. The van der Waals surface area contributed by atoms with E-state index in [1.807, 2.05) is 74.5 Å². The summed E-state index contributed by atoms with van der Waals surface area (Å²) >= 11 is 0. The van der Waals surface area contributed by atoms with Crippen LogP contribution in [0.5, 0.6) is 0 Å². The van der Waals surface area contributed by atoms with Gasteiger partial charge in [0, 0.05) is 56.3 Å². The van der Waals surface area contributed by atoms with Crippen LogP contribution in [-0.4, -0.2) is 58.7 Å². The third kappa shape index (κ3) is 5.11. The Balaban J connectivity index is 1.46. The number of nitrogens with zero attached hydrogens (tertiary/aromatic N) is 4. The number of pyridine rings is 1. The van der Waals surface area contributed by atoms with Gasteiger partial charge in [0.2, 0.25) is 0 Å². The van der Waals surface area contributed by atoms with Crippen molar-refractivity contribution in [2.24, 2.45) is 0 Å². The van der Waals surface area contributed by atoms with Crippen LogP contribution in [0.3, 0.4) is 0 Å². The maximum Gasteiger partial charge on any atom is 0.340 e. The summed E-state index contributed by atoms with van der Waals surface area (Å²) in [6.07, 6.45) is 0. The van der Waals surface area contributed by atoms with Crippen LogP contribution in [-0.2, 0) is 17.8 Å². The molecule has 1 saturated heterocycles. The zero-order valence-corrected chi connectivity index (χ0v) is 20.2. The Labute approximate surface area is 205 Å². The molecule has 4 aromatic rings. The number of hydrogen-bond donors (Lipinski definition) is 0. The highest BCUT2D eigenvalue weighted by atomic mass is 16.5. The number of rotatable bonds is 7. The molecule has 0 aliphatic carbocycles. The van der Waals surface area contributed by atoms with E-state index in [1.165, 1.54) is 0 Å². The number of fused-ring (bicyclic) bond motifs is 1. The molecule has 0 spiro atoms. The molecular formula is C28H30N4O3. The number of para-hydroxylation sites is 1. The Morgan fingerprint density at radius 3 is 2.34 bits per heavy atom. The van der Waals surface area contributed by atoms with E-state index in [-0.39, 0.29) is 5.97 Å². The van der Waals surface area contributed by atoms with Crippen molar-refractivity contribution in [1.29, 1.82) is 0 Å². The molecule has 0 unspecified atom stereocenters. The Bertz CT molecular complexity index is 1310. The first kappa shape index (κ1) is 23.2. The molecule has 0 bridgehead atoms. The van der Waals surface area contributed by atoms with E-state index in [4.69, 9.17) is 14.2 Å². The number of carbonyl (C=O) groups excluding carboxylic acids is 1. The molecule has 1 fully saturated rings. The fraction of sp³-hybridized carbons (Fsp3) is 0.321. The molecule has 1 aliphatic heterocycles. The number of benzene rings is 2. The van der Waals surface area contributed by atoms with E-state index in [1.54, 1.807) is 0 Å². The van der Waals surface area contributed by atoms with Crippen LogP contribution in [0, 0.1) is 6.92 Å². The molecule has 0 amide bonds. The number of esters is 1. The van der Waals surface area contributed by atoms with Crippen molar-refractivity contribution < 1.29 is 14.1 Å². The predicted octanol–water partition coefficient (Wildman–Crippen LogP) is 4.69. The monoisotopic (exact) mass is 470 g/mol. The van der Waals surface area contributed by atoms with E-state index < -0.39 is 0 Å². The first-order valence-electron chi connectivity index (χ1n) is 12.1. The first-order chi connectivity index (χ1) is 17.1. The van der Waals surface area contributed by atoms with Crippen molar-refractivity contribution in [2.75, 3.05) is 32.8 Å². The average Bonchev–Trinajstić information content (AvgIpc) is 3.29. The smallest absolute Gasteiger partial charge is 0.340 e. The van der Waals surface area contributed by atoms with Gasteiger partial charge in [-0.05, 0) is 25.5 Å². The van der Waals surface area contributed by atoms with Gasteiger partial charge in [0.05, 0.1) is 29.1 Å². The highest BCUT2D eigenvalue weighted by molar-refractivity contribution is 6.07. The van der Waals surface area contributed by atoms with Crippen molar-refractivity contribution in [3.63, 3.8) is 0 Å². The molecule has 1 aliphatic rings. The van der Waals surface area contributed by atoms with E-state index in [2.05, 4.69) is 15.0 Å². The Morgan fingerprint density at radius 2 is 1.66 bits per heavy atom. The number of aryl methyl sites for hydroxylation is 1. The first-order valence-corrected chi connectivity index (χ1v) is 12.1. The lowest BCUT2D eigenvalue weighted by Gasteiger charge is -2.34. The summed E-state index contributed by atoms with van der Waals surface area (Å²) in [5.74, 6) is 0.515. The van der Waals surface area contributed by atoms with E-state index in [0.29, 0.717) is 18.7 Å². The minimum atomic E-state index is -0.320. The van der Waals surface area contributed by atoms with Crippen molar-refractivity contribution in [2.45, 2.75) is 26.9 Å². The van der Waals surface area contributed by atoms with Crippen LogP contribution in [0.25, 0.3) is 22.0 Å². The van der Waals surface area contributed by atoms with Crippen LogP contribution in [0.15, 0.2) is 65.2 Å². The fourth-order valence-corrected chi connectivity index (χ4v) is 4.74. The van der Waals surface area contributed by atoms with Gasteiger partial charge in [-0.25, -0.2) is 4.79 Å². The van der Waals surface area contributed by atoms with Gasteiger partial charge in [-0.15, -0.1) is 0 Å². The highest BCUT2D eigenvalue weighted by Crippen LogP contribution is 2.34. The van der Waals surface area contributed by atoms with Gasteiger partial charge in [0.25, 0.3) is 0 Å². The lowest BCUT2D eigenvalue weighted by atomic mass is 9.93. The molecule has 180 valence electrons. The molecule has 2 aromatic heterocycles. The second-order valence-corrected chi connectivity index (χ2v) is 8.89. The molecule has 7 nitrogen and oxygen atoms in total. The van der Waals surface area contributed by atoms with Crippen molar-refractivity contribution in [3.05, 3.63) is 83.4 Å². The normalized spacial score (nSPS) is 14.9. The van der Waals surface area contributed by atoms with Crippen LogP contribution in [0.1, 0.15) is 34.4 Å². The minimum absolute atomic E-state index is 0.319. The lowest BCUT2D eigenvalue weighted by Crippen LogP contribution is -2.45. The fourth-order valence-electron chi connectivity index (χ4n) is 4.74. The molecule has 7 heteroatoms. The minimum Gasteiger partial charge on any atom is -0.462 e. The number of aromatic nitrogens is 2. The van der Waals surface area contributed by atoms with Crippen molar-refractivity contribution >= 4 is 16.9 Å². The molecule has 0 radical (unpaired) electrons. The van der Waals surface area contributed by atoms with Crippen LogP contribution < -0.4 is 0 Å². The number of hydrogen-bond acceptors (Lipinski definition) is 7. The van der Waals surface area contributed by atoms with Gasteiger partial charge in [0.15, 0.2) is 0 Å². The van der Waals surface area contributed by atoms with E-state index >= 15 is 0 Å². The van der Waals surface area contributed by atoms with Gasteiger partial charge in [0.1, 0.15) is 5.76 Å². The Morgan fingerprint density at radius 1 is 0.971 bits per heavy atom. The summed E-state index contributed by atoms with van der Waals surface area (Å²) in [7, 11) is 0. The molecule has 2 aromatic carbocycles. The van der Waals surface area contributed by atoms with Gasteiger partial charge < -0.3 is 9.26 Å². The van der Waals surface area contributed by atoms with Crippen LogP contribution >= 0.6 is 0 Å². The number of carbonyl (C=O) groups is 1. The molecule has 35 heavy (non-hydrogen) atoms.